The number of halogens is 2. The van der Waals surface area contributed by atoms with Gasteiger partial charge in [0.25, 0.3) is 0 Å². The van der Waals surface area contributed by atoms with E-state index in [2.05, 4.69) is 34.9 Å². The molecule has 44 heavy (non-hydrogen) atoms. The Morgan fingerprint density at radius 1 is 0.159 bits per heavy atom. The van der Waals surface area contributed by atoms with Crippen LogP contribution in [-0.2, 0) is 119 Å². The molecule has 0 aromatic carbocycles. The fourth-order valence-corrected chi connectivity index (χ4v) is 1.94. The second kappa shape index (κ2) is 61.2. The number of rotatable bonds is 0. The van der Waals surface area contributed by atoms with Crippen LogP contribution in [0.2, 0.25) is 0 Å². The zero-order valence-corrected chi connectivity index (χ0v) is 30.8. The van der Waals surface area contributed by atoms with Crippen molar-refractivity contribution in [1.29, 1.82) is 0 Å². The minimum Gasteiger partial charge on any atom is -0.368 e. The predicted octanol–water partition coefficient (Wildman–Crippen LogP) is 7.93. The molecule has 0 saturated carbocycles. The summed E-state index contributed by atoms with van der Waals surface area (Å²) in [6.45, 7) is 0. The Kier molecular flexibility index (Phi) is 91.5. The van der Waals surface area contributed by atoms with E-state index in [4.69, 9.17) is 0 Å². The number of hydrogen-bond acceptors (Lipinski definition) is 0. The van der Waals surface area contributed by atoms with E-state index in [9.17, 15) is 0 Å². The quantitative estimate of drug-likeness (QED) is 0.0751. The maximum atomic E-state index is 2.86. The molecule has 7 aromatic rings. The van der Waals surface area contributed by atoms with Gasteiger partial charge in [0.1, 0.15) is 0 Å². The Hall–Kier alpha value is -0.824. The third-order valence-corrected chi connectivity index (χ3v) is 3.47. The topological polar surface area (TPSA) is 111 Å². The summed E-state index contributed by atoms with van der Waals surface area (Å²) in [4.78, 5) is 20.0. The van der Waals surface area contributed by atoms with Crippen molar-refractivity contribution in [3.8, 4) is 0 Å². The first-order valence-electron chi connectivity index (χ1n) is 11.0. The summed E-state index contributed by atoms with van der Waals surface area (Å²) >= 11 is 0. The molecule has 0 amide bonds. The van der Waals surface area contributed by atoms with E-state index in [1.165, 1.54) is 0 Å². The normalized spacial score (nSPS) is 6.36. The van der Waals surface area contributed by atoms with Crippen LogP contribution in [0.5, 0.6) is 0 Å². The van der Waals surface area contributed by atoms with Crippen LogP contribution in [0.3, 0.4) is 0 Å². The fourth-order valence-electron chi connectivity index (χ4n) is 1.94. The van der Waals surface area contributed by atoms with Crippen LogP contribution in [0.1, 0.15) is 0 Å². The molecule has 0 fully saturated rings. The van der Waals surface area contributed by atoms with Crippen molar-refractivity contribution in [2.24, 2.45) is 0 Å². The van der Waals surface area contributed by atoms with E-state index in [1.807, 2.05) is 172 Å². The van der Waals surface area contributed by atoms with Gasteiger partial charge in [-0.2, -0.15) is 0 Å². The van der Waals surface area contributed by atoms with Crippen molar-refractivity contribution in [2.45, 2.75) is 0 Å². The van der Waals surface area contributed by atoms with Crippen LogP contribution in [0, 0.1) is 0 Å². The summed E-state index contributed by atoms with van der Waals surface area (Å²) in [6.07, 6.45) is 26.2. The Labute approximate surface area is 347 Å². The predicted molar refractivity (Wildman–Crippen MR) is 160 cm³/mol. The van der Waals surface area contributed by atoms with Gasteiger partial charge in [-0.25, -0.2) is 0 Å². The van der Waals surface area contributed by atoms with E-state index < -0.39 is 0 Å². The molecule has 0 saturated heterocycles. The van der Waals surface area contributed by atoms with Gasteiger partial charge in [-0.15, -0.1) is 24.8 Å². The molecule has 7 radical (unpaired) electrons. The number of nitrogens with one attached hydrogen (secondary N) is 7. The second-order valence-electron chi connectivity index (χ2n) is 6.19. The summed E-state index contributed by atoms with van der Waals surface area (Å²) in [7, 11) is 0. The summed E-state index contributed by atoms with van der Waals surface area (Å²) in [5, 5.41) is 0. The average Bonchev–Trinajstić information content (AvgIpc) is 3.81. The van der Waals surface area contributed by atoms with Gasteiger partial charge < -0.3 is 34.9 Å². The minimum atomic E-state index is 0. The monoisotopic (exact) mass is 982 g/mol. The zero-order valence-electron chi connectivity index (χ0n) is 22.6. The molecule has 7 rings (SSSR count). The first kappa shape index (κ1) is 65.8. The van der Waals surface area contributed by atoms with Crippen LogP contribution < -0.4 is 0 Å². The number of H-pyrrole nitrogens is 7. The van der Waals surface area contributed by atoms with Crippen LogP contribution in [0.4, 0.5) is 0 Å². The van der Waals surface area contributed by atoms with E-state index >= 15 is 0 Å². The second-order valence-corrected chi connectivity index (χ2v) is 6.19. The molecule has 7 N–H and O–H groups in total. The first-order chi connectivity index (χ1) is 17.5. The average molecular weight is 987 g/mol. The van der Waals surface area contributed by atoms with Gasteiger partial charge in [0.05, 0.1) is 0 Å². The van der Waals surface area contributed by atoms with Crippen LogP contribution in [0.15, 0.2) is 172 Å². The van der Waals surface area contributed by atoms with E-state index in [1.54, 1.807) is 0 Å². The molecule has 7 heterocycles. The minimum absolute atomic E-state index is 0. The van der Waals surface area contributed by atoms with Crippen molar-refractivity contribution in [1.82, 2.24) is 34.9 Å². The standard InChI is InChI=1S/7C4H5N.2ClH.7Cu/c7*1-2-4-5-3-1;;;;;;;;;/h7*1-5H;2*1H;;;;;;;. The molecule has 7 nitrogen and oxygen atoms in total. The van der Waals surface area contributed by atoms with Crippen molar-refractivity contribution < 1.29 is 119 Å². The molecule has 0 unspecified atom stereocenters. The summed E-state index contributed by atoms with van der Waals surface area (Å²) in [6, 6.07) is 27.2. The number of aromatic nitrogens is 7. The maximum absolute atomic E-state index is 2.86. The zero-order chi connectivity index (χ0) is 24.7. The van der Waals surface area contributed by atoms with Gasteiger partial charge >= 0.3 is 0 Å². The van der Waals surface area contributed by atoms with Crippen molar-refractivity contribution in [3.05, 3.63) is 172 Å². The molecule has 0 atom stereocenters. The SMILES string of the molecule is Cl.Cl.[Cu].[Cu].[Cu].[Cu].[Cu].[Cu].[Cu].c1cc[nH]c1.c1cc[nH]c1.c1cc[nH]c1.c1cc[nH]c1.c1cc[nH]c1.c1cc[nH]c1.c1cc[nH]c1. The summed E-state index contributed by atoms with van der Waals surface area (Å²) in [5.74, 6) is 0. The molecule has 275 valence electrons. The van der Waals surface area contributed by atoms with E-state index in [-0.39, 0.29) is 144 Å². The van der Waals surface area contributed by atoms with E-state index in [0.717, 1.165) is 0 Å². The Bertz CT molecular complexity index is 718. The molecule has 0 aliphatic carbocycles. The number of hydrogen-bond donors (Lipinski definition) is 7. The largest absolute Gasteiger partial charge is 0.368 e. The Morgan fingerprint density at radius 3 is 0.250 bits per heavy atom. The third kappa shape index (κ3) is 56.9. The fraction of sp³-hybridized carbons (Fsp3) is 0. The van der Waals surface area contributed by atoms with E-state index in [0.29, 0.717) is 0 Å². The molecular formula is C28H37Cl2Cu7N7. The number of aromatic amines is 7. The van der Waals surface area contributed by atoms with Crippen LogP contribution >= 0.6 is 24.8 Å². The van der Waals surface area contributed by atoms with Gasteiger partial charge in [0, 0.05) is 206 Å². The van der Waals surface area contributed by atoms with Crippen molar-refractivity contribution in [2.75, 3.05) is 0 Å². The summed E-state index contributed by atoms with van der Waals surface area (Å²) in [5.41, 5.74) is 0. The van der Waals surface area contributed by atoms with Gasteiger partial charge in [-0.05, 0) is 84.9 Å². The molecule has 0 aliphatic rings. The van der Waals surface area contributed by atoms with Gasteiger partial charge in [-0.1, -0.05) is 0 Å². The maximum Gasteiger partial charge on any atom is 0.000496 e. The first-order valence-corrected chi connectivity index (χ1v) is 11.0. The third-order valence-electron chi connectivity index (χ3n) is 3.47. The summed E-state index contributed by atoms with van der Waals surface area (Å²) < 4.78 is 0. The molecule has 0 aliphatic heterocycles. The van der Waals surface area contributed by atoms with Gasteiger partial charge in [0.2, 0.25) is 0 Å². The molecule has 16 heteroatoms. The smallest absolute Gasteiger partial charge is 0.000496 e. The van der Waals surface area contributed by atoms with Crippen LogP contribution in [0.25, 0.3) is 0 Å². The van der Waals surface area contributed by atoms with Crippen molar-refractivity contribution >= 4 is 24.8 Å². The van der Waals surface area contributed by atoms with Gasteiger partial charge in [0.15, 0.2) is 0 Å². The molecule has 0 bridgehead atoms. The van der Waals surface area contributed by atoms with Crippen molar-refractivity contribution in [3.63, 3.8) is 0 Å². The molecule has 0 spiro atoms. The molecule has 7 aromatic heterocycles. The Morgan fingerprint density at radius 2 is 0.227 bits per heavy atom. The van der Waals surface area contributed by atoms with Crippen LogP contribution in [-0.4, -0.2) is 34.9 Å². The Balaban J connectivity index is -0.0000000449. The molecular weight excluding hydrogens is 950 g/mol. The van der Waals surface area contributed by atoms with Gasteiger partial charge in [-0.3, -0.25) is 0 Å².